The average Bonchev–Trinajstić information content (AvgIpc) is 2.76. The van der Waals surface area contributed by atoms with Gasteiger partial charge in [0.2, 0.25) is 0 Å². The molecule has 0 spiro atoms. The largest absolute Gasteiger partial charge is 0.483 e. The minimum Gasteiger partial charge on any atom is -0.483 e. The van der Waals surface area contributed by atoms with Crippen LogP contribution in [0.4, 0.5) is 0 Å². The number of pyridine rings is 1. The van der Waals surface area contributed by atoms with Crippen molar-refractivity contribution in [2.24, 2.45) is 0 Å². The fourth-order valence-corrected chi connectivity index (χ4v) is 1.83. The molecule has 1 aliphatic rings. The first-order valence-corrected chi connectivity index (χ1v) is 5.40. The van der Waals surface area contributed by atoms with Gasteiger partial charge in [-0.1, -0.05) is 13.8 Å². The van der Waals surface area contributed by atoms with Gasteiger partial charge in [-0.2, -0.15) is 0 Å². The molecule has 2 aromatic rings. The van der Waals surface area contributed by atoms with Crippen LogP contribution in [0.1, 0.15) is 31.0 Å². The Morgan fingerprint density at radius 1 is 1.38 bits per heavy atom. The molecule has 0 radical (unpaired) electrons. The third-order valence-electron chi connectivity index (χ3n) is 2.84. The van der Waals surface area contributed by atoms with E-state index in [4.69, 9.17) is 4.74 Å². The summed E-state index contributed by atoms with van der Waals surface area (Å²) < 4.78 is 7.65. The number of hydrogen-bond acceptors (Lipinski definition) is 3. The van der Waals surface area contributed by atoms with Gasteiger partial charge >= 0.3 is 0 Å². The molecule has 3 heterocycles. The third-order valence-corrected chi connectivity index (χ3v) is 2.84. The monoisotopic (exact) mass is 215 g/mol. The molecule has 4 nitrogen and oxygen atoms in total. The lowest BCUT2D eigenvalue weighted by molar-refractivity contribution is 0.282. The zero-order chi connectivity index (χ0) is 11.1. The number of fused-ring (bicyclic) bond motifs is 3. The van der Waals surface area contributed by atoms with Gasteiger partial charge in [0.1, 0.15) is 12.9 Å². The predicted molar refractivity (Wildman–Crippen MR) is 59.8 cm³/mol. The molecule has 0 amide bonds. The topological polar surface area (TPSA) is 39.9 Å². The Balaban J connectivity index is 2.14. The average molecular weight is 215 g/mol. The van der Waals surface area contributed by atoms with E-state index in [1.165, 1.54) is 5.56 Å². The van der Waals surface area contributed by atoms with E-state index in [1.54, 1.807) is 12.5 Å². The third kappa shape index (κ3) is 1.30. The van der Waals surface area contributed by atoms with Crippen molar-refractivity contribution in [2.75, 3.05) is 0 Å². The van der Waals surface area contributed by atoms with E-state index in [0.29, 0.717) is 12.5 Å². The molecule has 16 heavy (non-hydrogen) atoms. The Morgan fingerprint density at radius 2 is 2.25 bits per heavy atom. The molecule has 3 rings (SSSR count). The first-order chi connectivity index (χ1) is 7.75. The SMILES string of the molecule is CC(C)c1cnc2c(c1)OCc1cncn1-2. The Hall–Kier alpha value is -1.84. The van der Waals surface area contributed by atoms with Crippen molar-refractivity contribution >= 4 is 0 Å². The molecule has 0 saturated carbocycles. The van der Waals surface area contributed by atoms with Gasteiger partial charge < -0.3 is 4.74 Å². The summed E-state index contributed by atoms with van der Waals surface area (Å²) in [6.07, 6.45) is 5.49. The normalized spacial score (nSPS) is 13.2. The van der Waals surface area contributed by atoms with Crippen molar-refractivity contribution in [3.05, 3.63) is 36.0 Å². The lowest BCUT2D eigenvalue weighted by atomic mass is 10.1. The number of aromatic nitrogens is 3. The fraction of sp³-hybridized carbons (Fsp3) is 0.333. The second-order valence-electron chi connectivity index (χ2n) is 4.29. The molecule has 0 saturated heterocycles. The van der Waals surface area contributed by atoms with Crippen molar-refractivity contribution in [3.63, 3.8) is 0 Å². The number of nitrogens with zero attached hydrogens (tertiary/aromatic N) is 3. The molecule has 0 aliphatic carbocycles. The summed E-state index contributed by atoms with van der Waals surface area (Å²) in [5.41, 5.74) is 2.24. The maximum absolute atomic E-state index is 5.68. The highest BCUT2D eigenvalue weighted by atomic mass is 16.5. The molecule has 0 unspecified atom stereocenters. The molecule has 0 bridgehead atoms. The van der Waals surface area contributed by atoms with E-state index >= 15 is 0 Å². The summed E-state index contributed by atoms with van der Waals surface area (Å²) in [4.78, 5) is 8.56. The zero-order valence-corrected chi connectivity index (χ0v) is 9.34. The van der Waals surface area contributed by atoms with Crippen LogP contribution in [0.15, 0.2) is 24.8 Å². The lowest BCUT2D eigenvalue weighted by Crippen LogP contribution is -2.13. The van der Waals surface area contributed by atoms with Crippen LogP contribution in [0.3, 0.4) is 0 Å². The van der Waals surface area contributed by atoms with E-state index in [2.05, 4.69) is 29.9 Å². The van der Waals surface area contributed by atoms with E-state index in [9.17, 15) is 0 Å². The maximum atomic E-state index is 5.68. The van der Waals surface area contributed by atoms with Crippen LogP contribution in [0.25, 0.3) is 5.82 Å². The number of imidazole rings is 1. The van der Waals surface area contributed by atoms with Crippen LogP contribution < -0.4 is 4.74 Å². The summed E-state index contributed by atoms with van der Waals surface area (Å²) in [5, 5.41) is 0. The van der Waals surface area contributed by atoms with Crippen LogP contribution in [-0.4, -0.2) is 14.5 Å². The minimum atomic E-state index is 0.464. The highest BCUT2D eigenvalue weighted by molar-refractivity contribution is 5.45. The molecular formula is C12H13N3O. The molecular weight excluding hydrogens is 202 g/mol. The second-order valence-corrected chi connectivity index (χ2v) is 4.29. The number of hydrogen-bond donors (Lipinski definition) is 0. The van der Waals surface area contributed by atoms with Crippen molar-refractivity contribution in [2.45, 2.75) is 26.4 Å². The number of rotatable bonds is 1. The molecule has 1 aliphatic heterocycles. The van der Waals surface area contributed by atoms with E-state index in [1.807, 2.05) is 10.8 Å². The number of ether oxygens (including phenoxy) is 1. The highest BCUT2D eigenvalue weighted by Crippen LogP contribution is 2.30. The van der Waals surface area contributed by atoms with Gasteiger partial charge in [0.05, 0.1) is 11.9 Å². The van der Waals surface area contributed by atoms with Crippen molar-refractivity contribution < 1.29 is 4.74 Å². The maximum Gasteiger partial charge on any atom is 0.181 e. The van der Waals surface area contributed by atoms with Crippen LogP contribution >= 0.6 is 0 Å². The predicted octanol–water partition coefficient (Wildman–Crippen LogP) is 2.28. The van der Waals surface area contributed by atoms with Gasteiger partial charge in [0, 0.05) is 6.20 Å². The molecule has 0 aromatic carbocycles. The Bertz CT molecular complexity index is 531. The van der Waals surface area contributed by atoms with Gasteiger partial charge in [-0.15, -0.1) is 0 Å². The van der Waals surface area contributed by atoms with E-state index in [-0.39, 0.29) is 0 Å². The van der Waals surface area contributed by atoms with Crippen LogP contribution in [-0.2, 0) is 6.61 Å². The van der Waals surface area contributed by atoms with Crippen molar-refractivity contribution in [1.82, 2.24) is 14.5 Å². The summed E-state index contributed by atoms with van der Waals surface area (Å²) in [5.74, 6) is 2.14. The lowest BCUT2D eigenvalue weighted by Gasteiger charge is -2.19. The fourth-order valence-electron chi connectivity index (χ4n) is 1.83. The van der Waals surface area contributed by atoms with Gasteiger partial charge in [-0.25, -0.2) is 9.97 Å². The molecule has 82 valence electrons. The summed E-state index contributed by atoms with van der Waals surface area (Å²) in [6.45, 7) is 4.86. The van der Waals surface area contributed by atoms with Crippen molar-refractivity contribution in [3.8, 4) is 11.6 Å². The summed E-state index contributed by atoms with van der Waals surface area (Å²) >= 11 is 0. The smallest absolute Gasteiger partial charge is 0.181 e. The van der Waals surface area contributed by atoms with Crippen LogP contribution in [0.5, 0.6) is 5.75 Å². The van der Waals surface area contributed by atoms with Gasteiger partial charge in [-0.3, -0.25) is 4.57 Å². The quantitative estimate of drug-likeness (QED) is 0.732. The summed E-state index contributed by atoms with van der Waals surface area (Å²) in [7, 11) is 0. The minimum absolute atomic E-state index is 0.464. The van der Waals surface area contributed by atoms with E-state index < -0.39 is 0 Å². The molecule has 0 atom stereocenters. The van der Waals surface area contributed by atoms with Crippen molar-refractivity contribution in [1.29, 1.82) is 0 Å². The van der Waals surface area contributed by atoms with Crippen LogP contribution in [0.2, 0.25) is 0 Å². The van der Waals surface area contributed by atoms with Crippen LogP contribution in [0, 0.1) is 0 Å². The zero-order valence-electron chi connectivity index (χ0n) is 9.34. The Kier molecular flexibility index (Phi) is 1.96. The summed E-state index contributed by atoms with van der Waals surface area (Å²) in [6, 6.07) is 2.07. The highest BCUT2D eigenvalue weighted by Gasteiger charge is 2.18. The Morgan fingerprint density at radius 3 is 3.06 bits per heavy atom. The standard InChI is InChI=1S/C12H13N3O/c1-8(2)9-3-11-12(14-4-9)15-7-13-5-10(15)6-16-11/h3-5,7-8H,6H2,1-2H3. The van der Waals surface area contributed by atoms with Gasteiger partial charge in [0.15, 0.2) is 11.6 Å². The first-order valence-electron chi connectivity index (χ1n) is 5.40. The molecule has 2 aromatic heterocycles. The van der Waals surface area contributed by atoms with E-state index in [0.717, 1.165) is 17.3 Å². The molecule has 0 N–H and O–H groups in total. The Labute approximate surface area is 93.9 Å². The molecule has 4 heteroatoms. The first kappa shape index (κ1) is 9.39. The molecule has 0 fully saturated rings. The van der Waals surface area contributed by atoms with Gasteiger partial charge in [-0.05, 0) is 17.5 Å². The van der Waals surface area contributed by atoms with Gasteiger partial charge in [0.25, 0.3) is 0 Å². The second kappa shape index (κ2) is 3.33.